The average molecular weight is 437 g/mol. The Hall–Kier alpha value is -4.05. The molecule has 4 nitrogen and oxygen atoms in total. The van der Waals surface area contributed by atoms with Gasteiger partial charge < -0.3 is 14.2 Å². The first-order chi connectivity index (χ1) is 16.2. The molecule has 1 atom stereocenters. The Kier molecular flexibility index (Phi) is 5.35. The van der Waals surface area contributed by atoms with Gasteiger partial charge in [0.25, 0.3) is 0 Å². The summed E-state index contributed by atoms with van der Waals surface area (Å²) in [5.74, 6) is 1.08. The number of benzene rings is 4. The first-order valence-corrected chi connectivity index (χ1v) is 11.0. The molecule has 33 heavy (non-hydrogen) atoms. The van der Waals surface area contributed by atoms with Crippen molar-refractivity contribution >= 4 is 22.8 Å². The minimum Gasteiger partial charge on any atom is -0.497 e. The van der Waals surface area contributed by atoms with Gasteiger partial charge in [0.2, 0.25) is 0 Å². The second kappa shape index (κ2) is 8.47. The van der Waals surface area contributed by atoms with E-state index >= 15 is 0 Å². The highest BCUT2D eigenvalue weighted by atomic mass is 16.5. The maximum absolute atomic E-state index is 12.8. The van der Waals surface area contributed by atoms with Gasteiger partial charge in [-0.25, -0.2) is 4.79 Å². The largest absolute Gasteiger partial charge is 0.497 e. The van der Waals surface area contributed by atoms with Gasteiger partial charge in [-0.1, -0.05) is 66.7 Å². The van der Waals surface area contributed by atoms with Gasteiger partial charge in [0.1, 0.15) is 11.5 Å². The minimum atomic E-state index is -0.864. The molecule has 1 aliphatic rings. The average Bonchev–Trinajstić information content (AvgIpc) is 2.88. The maximum Gasteiger partial charge on any atom is 0.338 e. The Morgan fingerprint density at radius 1 is 0.909 bits per heavy atom. The predicted molar refractivity (Wildman–Crippen MR) is 130 cm³/mol. The van der Waals surface area contributed by atoms with Crippen LogP contribution in [0, 0.1) is 0 Å². The molecular formula is C29H24O4. The van der Waals surface area contributed by atoms with Crippen molar-refractivity contribution in [2.24, 2.45) is 0 Å². The van der Waals surface area contributed by atoms with Crippen LogP contribution in [0.15, 0.2) is 91.0 Å². The molecule has 0 N–H and O–H groups in total. The lowest BCUT2D eigenvalue weighted by Crippen LogP contribution is -2.34. The van der Waals surface area contributed by atoms with Crippen molar-refractivity contribution in [3.05, 3.63) is 113 Å². The zero-order valence-electron chi connectivity index (χ0n) is 18.6. The van der Waals surface area contributed by atoms with Crippen molar-refractivity contribution < 1.29 is 19.0 Å². The van der Waals surface area contributed by atoms with Crippen LogP contribution in [0.2, 0.25) is 0 Å². The molecule has 0 amide bonds. The van der Waals surface area contributed by atoms with Crippen LogP contribution in [0.4, 0.5) is 0 Å². The van der Waals surface area contributed by atoms with E-state index in [0.717, 1.165) is 33.2 Å². The lowest BCUT2D eigenvalue weighted by molar-refractivity contribution is 0.0525. The normalized spacial score (nSPS) is 16.7. The zero-order valence-corrected chi connectivity index (χ0v) is 18.6. The molecule has 1 aliphatic heterocycles. The molecule has 1 heterocycles. The number of carbonyl (C=O) groups is 1. The van der Waals surface area contributed by atoms with E-state index in [9.17, 15) is 4.79 Å². The fraction of sp³-hybridized carbons (Fsp3) is 0.138. The minimum absolute atomic E-state index is 0.310. The van der Waals surface area contributed by atoms with Crippen molar-refractivity contribution in [1.29, 1.82) is 0 Å². The van der Waals surface area contributed by atoms with Gasteiger partial charge in [-0.15, -0.1) is 0 Å². The Balaban J connectivity index is 1.76. The summed E-state index contributed by atoms with van der Waals surface area (Å²) in [6.45, 7) is 2.12. The number of hydrogen-bond acceptors (Lipinski definition) is 4. The van der Waals surface area contributed by atoms with Crippen LogP contribution in [0.25, 0.3) is 16.8 Å². The van der Waals surface area contributed by atoms with Crippen molar-refractivity contribution in [2.75, 3.05) is 13.7 Å². The summed E-state index contributed by atoms with van der Waals surface area (Å²) in [6, 6.07) is 27.8. The van der Waals surface area contributed by atoms with Gasteiger partial charge in [-0.2, -0.15) is 0 Å². The first kappa shape index (κ1) is 20.8. The number of hydrogen-bond donors (Lipinski definition) is 0. The van der Waals surface area contributed by atoms with E-state index in [1.54, 1.807) is 7.11 Å². The van der Waals surface area contributed by atoms with Crippen LogP contribution < -0.4 is 9.47 Å². The number of esters is 1. The third-order valence-electron chi connectivity index (χ3n) is 6.00. The number of rotatable bonds is 5. The SMILES string of the molecule is CCOC(=O)c1cc2ccccc2c2c1C=C[C@](c1ccccc1)(c1ccc(OC)cc1)O2. The summed E-state index contributed by atoms with van der Waals surface area (Å²) < 4.78 is 17.6. The number of fused-ring (bicyclic) bond motifs is 3. The molecule has 4 heteroatoms. The topological polar surface area (TPSA) is 44.8 Å². The predicted octanol–water partition coefficient (Wildman–Crippen LogP) is 6.37. The fourth-order valence-electron chi connectivity index (χ4n) is 4.38. The Bertz CT molecular complexity index is 1340. The maximum atomic E-state index is 12.8. The summed E-state index contributed by atoms with van der Waals surface area (Å²) in [7, 11) is 1.65. The van der Waals surface area contributed by atoms with E-state index < -0.39 is 5.60 Å². The molecule has 0 saturated heterocycles. The molecule has 5 rings (SSSR count). The zero-order chi connectivity index (χ0) is 22.8. The van der Waals surface area contributed by atoms with E-state index in [4.69, 9.17) is 14.2 Å². The highest BCUT2D eigenvalue weighted by molar-refractivity contribution is 6.04. The van der Waals surface area contributed by atoms with E-state index in [1.807, 2.05) is 91.9 Å². The molecule has 0 fully saturated rings. The lowest BCUT2D eigenvalue weighted by atomic mass is 9.82. The van der Waals surface area contributed by atoms with Crippen LogP contribution in [-0.2, 0) is 10.3 Å². The second-order valence-electron chi connectivity index (χ2n) is 7.87. The molecule has 0 unspecified atom stereocenters. The van der Waals surface area contributed by atoms with Crippen molar-refractivity contribution in [3.8, 4) is 11.5 Å². The van der Waals surface area contributed by atoms with Crippen LogP contribution in [0.3, 0.4) is 0 Å². The van der Waals surface area contributed by atoms with Gasteiger partial charge in [0.05, 0.1) is 19.3 Å². The molecule has 0 radical (unpaired) electrons. The summed E-state index contributed by atoms with van der Waals surface area (Å²) in [5, 5.41) is 1.87. The molecular weight excluding hydrogens is 412 g/mol. The molecule has 0 aromatic heterocycles. The van der Waals surface area contributed by atoms with Crippen molar-refractivity contribution in [2.45, 2.75) is 12.5 Å². The van der Waals surface area contributed by atoms with Gasteiger partial charge in [-0.3, -0.25) is 0 Å². The van der Waals surface area contributed by atoms with Crippen LogP contribution in [0.5, 0.6) is 11.5 Å². The highest BCUT2D eigenvalue weighted by Gasteiger charge is 2.38. The van der Waals surface area contributed by atoms with Gasteiger partial charge in [0, 0.05) is 22.1 Å². The van der Waals surface area contributed by atoms with E-state index in [1.165, 1.54) is 0 Å². The van der Waals surface area contributed by atoms with Crippen LogP contribution >= 0.6 is 0 Å². The molecule has 4 aromatic rings. The standard InChI is InChI=1S/C29H24O4/c1-3-32-28(30)26-19-20-9-7-8-12-24(20)27-25(26)17-18-29(33-27,21-10-5-4-6-11-21)22-13-15-23(31-2)16-14-22/h4-19H,3H2,1-2H3/t29-/m0/s1. The molecule has 4 aromatic carbocycles. The van der Waals surface area contributed by atoms with Crippen molar-refractivity contribution in [1.82, 2.24) is 0 Å². The van der Waals surface area contributed by atoms with E-state index in [2.05, 4.69) is 12.1 Å². The number of ether oxygens (including phenoxy) is 3. The molecule has 0 bridgehead atoms. The van der Waals surface area contributed by atoms with E-state index in [0.29, 0.717) is 17.9 Å². The third kappa shape index (κ3) is 3.54. The van der Waals surface area contributed by atoms with Gasteiger partial charge in [0.15, 0.2) is 5.60 Å². The first-order valence-electron chi connectivity index (χ1n) is 11.0. The summed E-state index contributed by atoms with van der Waals surface area (Å²) in [6.07, 6.45) is 4.00. The summed E-state index contributed by atoms with van der Waals surface area (Å²) >= 11 is 0. The fourth-order valence-corrected chi connectivity index (χ4v) is 4.38. The monoisotopic (exact) mass is 436 g/mol. The van der Waals surface area contributed by atoms with Gasteiger partial charge >= 0.3 is 5.97 Å². The highest BCUT2D eigenvalue weighted by Crippen LogP contribution is 2.46. The van der Waals surface area contributed by atoms with Crippen molar-refractivity contribution in [3.63, 3.8) is 0 Å². The van der Waals surface area contributed by atoms with Crippen LogP contribution in [-0.4, -0.2) is 19.7 Å². The molecule has 0 aliphatic carbocycles. The number of carbonyl (C=O) groups excluding carboxylic acids is 1. The molecule has 0 saturated carbocycles. The van der Waals surface area contributed by atoms with Crippen LogP contribution in [0.1, 0.15) is 34.0 Å². The third-order valence-corrected chi connectivity index (χ3v) is 6.00. The summed E-state index contributed by atoms with van der Waals surface area (Å²) in [5.41, 5.74) is 2.31. The summed E-state index contributed by atoms with van der Waals surface area (Å²) in [4.78, 5) is 12.8. The lowest BCUT2D eigenvalue weighted by Gasteiger charge is -2.37. The van der Waals surface area contributed by atoms with Gasteiger partial charge in [-0.05, 0) is 42.7 Å². The number of methoxy groups -OCH3 is 1. The Morgan fingerprint density at radius 3 is 2.33 bits per heavy atom. The second-order valence-corrected chi connectivity index (χ2v) is 7.87. The molecule has 164 valence electrons. The Morgan fingerprint density at radius 2 is 1.61 bits per heavy atom. The van der Waals surface area contributed by atoms with E-state index in [-0.39, 0.29) is 5.97 Å². The smallest absolute Gasteiger partial charge is 0.338 e. The molecule has 0 spiro atoms. The quantitative estimate of drug-likeness (QED) is 0.341. The Labute approximate surface area is 193 Å².